The van der Waals surface area contributed by atoms with Gasteiger partial charge in [0, 0.05) is 0 Å². The molecule has 0 bridgehead atoms. The number of hydrogen-bond acceptors (Lipinski definition) is 5. The van der Waals surface area contributed by atoms with Gasteiger partial charge in [-0.05, 0) is 20.4 Å². The summed E-state index contributed by atoms with van der Waals surface area (Å²) in [5.41, 5.74) is 0.243. The summed E-state index contributed by atoms with van der Waals surface area (Å²) in [5, 5.41) is 5.92. The molecule has 0 spiro atoms. The van der Waals surface area contributed by atoms with Crippen LogP contribution < -0.4 is 10.6 Å². The summed E-state index contributed by atoms with van der Waals surface area (Å²) in [6, 6.07) is 0. The Labute approximate surface area is 115 Å². The SMILES string of the molecule is CCNC(C)(C)C(=O)Nc1nc(Cl)c2[nH]cnc2n1. The third-order valence-corrected chi connectivity index (χ3v) is 2.93. The quantitative estimate of drug-likeness (QED) is 0.735. The van der Waals surface area contributed by atoms with E-state index in [1.807, 2.05) is 6.92 Å². The van der Waals surface area contributed by atoms with E-state index in [-0.39, 0.29) is 17.0 Å². The molecule has 19 heavy (non-hydrogen) atoms. The Morgan fingerprint density at radius 3 is 2.89 bits per heavy atom. The van der Waals surface area contributed by atoms with Crippen molar-refractivity contribution in [1.82, 2.24) is 25.3 Å². The second-order valence-corrected chi connectivity index (χ2v) is 4.91. The molecule has 2 aromatic heterocycles. The van der Waals surface area contributed by atoms with Crippen LogP contribution in [-0.4, -0.2) is 37.9 Å². The van der Waals surface area contributed by atoms with Gasteiger partial charge in [0.05, 0.1) is 11.9 Å². The van der Waals surface area contributed by atoms with Crippen LogP contribution in [-0.2, 0) is 4.79 Å². The molecule has 0 aliphatic heterocycles. The molecule has 8 heteroatoms. The molecular formula is C11H15ClN6O. The molecule has 102 valence electrons. The fourth-order valence-corrected chi connectivity index (χ4v) is 1.85. The van der Waals surface area contributed by atoms with Crippen LogP contribution in [0, 0.1) is 0 Å². The van der Waals surface area contributed by atoms with Crippen molar-refractivity contribution in [2.75, 3.05) is 11.9 Å². The Kier molecular flexibility index (Phi) is 3.68. The maximum atomic E-state index is 12.1. The number of rotatable bonds is 4. The van der Waals surface area contributed by atoms with Crippen molar-refractivity contribution in [3.8, 4) is 0 Å². The number of fused-ring (bicyclic) bond motifs is 1. The van der Waals surface area contributed by atoms with E-state index in [1.54, 1.807) is 13.8 Å². The topological polar surface area (TPSA) is 95.6 Å². The minimum Gasteiger partial charge on any atom is -0.341 e. The van der Waals surface area contributed by atoms with Crippen molar-refractivity contribution in [2.24, 2.45) is 0 Å². The Morgan fingerprint density at radius 1 is 1.47 bits per heavy atom. The van der Waals surface area contributed by atoms with Crippen molar-refractivity contribution in [3.63, 3.8) is 0 Å². The van der Waals surface area contributed by atoms with Gasteiger partial charge in [0.15, 0.2) is 10.8 Å². The largest absolute Gasteiger partial charge is 0.341 e. The second kappa shape index (κ2) is 5.10. The third kappa shape index (κ3) is 2.82. The normalized spacial score (nSPS) is 11.8. The number of aromatic nitrogens is 4. The number of imidazole rings is 1. The molecule has 0 aromatic carbocycles. The highest BCUT2D eigenvalue weighted by atomic mass is 35.5. The van der Waals surface area contributed by atoms with Gasteiger partial charge >= 0.3 is 0 Å². The predicted octanol–water partition coefficient (Wildman–Crippen LogP) is 1.33. The fourth-order valence-electron chi connectivity index (χ4n) is 1.63. The number of halogens is 1. The van der Waals surface area contributed by atoms with Crippen LogP contribution in [0.15, 0.2) is 6.33 Å². The van der Waals surface area contributed by atoms with Crippen molar-refractivity contribution in [3.05, 3.63) is 11.5 Å². The number of anilines is 1. The van der Waals surface area contributed by atoms with Crippen LogP contribution in [0.2, 0.25) is 5.15 Å². The van der Waals surface area contributed by atoms with Crippen LogP contribution in [0.4, 0.5) is 5.95 Å². The lowest BCUT2D eigenvalue weighted by Crippen LogP contribution is -2.49. The lowest BCUT2D eigenvalue weighted by molar-refractivity contribution is -0.121. The van der Waals surface area contributed by atoms with Gasteiger partial charge in [0.25, 0.3) is 0 Å². The van der Waals surface area contributed by atoms with E-state index in [2.05, 4.69) is 30.6 Å². The number of nitrogens with one attached hydrogen (secondary N) is 3. The summed E-state index contributed by atoms with van der Waals surface area (Å²) in [6.45, 7) is 6.17. The first-order chi connectivity index (χ1) is 8.94. The van der Waals surface area contributed by atoms with Crippen molar-refractivity contribution in [1.29, 1.82) is 0 Å². The van der Waals surface area contributed by atoms with E-state index in [1.165, 1.54) is 6.33 Å². The number of hydrogen-bond donors (Lipinski definition) is 3. The molecule has 0 unspecified atom stereocenters. The van der Waals surface area contributed by atoms with Gasteiger partial charge in [-0.1, -0.05) is 18.5 Å². The fraction of sp³-hybridized carbons (Fsp3) is 0.455. The van der Waals surface area contributed by atoms with Crippen LogP contribution in [0.25, 0.3) is 11.2 Å². The van der Waals surface area contributed by atoms with Gasteiger partial charge in [-0.3, -0.25) is 10.1 Å². The monoisotopic (exact) mass is 282 g/mol. The number of carbonyl (C=O) groups excluding carboxylic acids is 1. The molecule has 0 aliphatic carbocycles. The van der Waals surface area contributed by atoms with E-state index >= 15 is 0 Å². The highest BCUT2D eigenvalue weighted by Gasteiger charge is 2.27. The van der Waals surface area contributed by atoms with Gasteiger partial charge in [-0.2, -0.15) is 9.97 Å². The highest BCUT2D eigenvalue weighted by Crippen LogP contribution is 2.18. The summed E-state index contributed by atoms with van der Waals surface area (Å²) in [6.07, 6.45) is 1.47. The lowest BCUT2D eigenvalue weighted by atomic mass is 10.1. The number of amides is 1. The Bertz CT molecular complexity index is 608. The maximum Gasteiger partial charge on any atom is 0.246 e. The zero-order valence-electron chi connectivity index (χ0n) is 10.9. The first-order valence-corrected chi connectivity index (χ1v) is 6.25. The van der Waals surface area contributed by atoms with E-state index < -0.39 is 5.54 Å². The summed E-state index contributed by atoms with van der Waals surface area (Å²) in [5.74, 6) is -0.0964. The zero-order chi connectivity index (χ0) is 14.0. The summed E-state index contributed by atoms with van der Waals surface area (Å²) in [7, 11) is 0. The molecular weight excluding hydrogens is 268 g/mol. The van der Waals surface area contributed by atoms with Crippen LogP contribution in [0.3, 0.4) is 0 Å². The average Bonchev–Trinajstić information content (AvgIpc) is 2.77. The number of carbonyl (C=O) groups is 1. The molecule has 0 aliphatic rings. The summed E-state index contributed by atoms with van der Waals surface area (Å²) >= 11 is 5.97. The third-order valence-electron chi connectivity index (χ3n) is 2.65. The van der Waals surface area contributed by atoms with E-state index in [0.29, 0.717) is 17.7 Å². The molecule has 0 atom stereocenters. The smallest absolute Gasteiger partial charge is 0.246 e. The molecule has 3 N–H and O–H groups in total. The van der Waals surface area contributed by atoms with Crippen molar-refractivity contribution < 1.29 is 4.79 Å². The van der Waals surface area contributed by atoms with Crippen LogP contribution in [0.1, 0.15) is 20.8 Å². The van der Waals surface area contributed by atoms with E-state index in [0.717, 1.165) is 0 Å². The molecule has 0 radical (unpaired) electrons. The molecule has 1 amide bonds. The molecule has 2 rings (SSSR count). The van der Waals surface area contributed by atoms with Crippen molar-refractivity contribution >= 4 is 34.6 Å². The molecule has 7 nitrogen and oxygen atoms in total. The van der Waals surface area contributed by atoms with Gasteiger partial charge in [0.1, 0.15) is 5.52 Å². The molecule has 0 saturated carbocycles. The van der Waals surface area contributed by atoms with Crippen LogP contribution in [0.5, 0.6) is 0 Å². The number of H-pyrrole nitrogens is 1. The number of aromatic amines is 1. The van der Waals surface area contributed by atoms with E-state index in [9.17, 15) is 4.79 Å². The lowest BCUT2D eigenvalue weighted by Gasteiger charge is -2.23. The van der Waals surface area contributed by atoms with Crippen LogP contribution >= 0.6 is 11.6 Å². The van der Waals surface area contributed by atoms with Gasteiger partial charge in [-0.25, -0.2) is 4.98 Å². The first-order valence-electron chi connectivity index (χ1n) is 5.87. The molecule has 0 fully saturated rings. The Hall–Kier alpha value is -1.73. The molecule has 2 heterocycles. The molecule has 2 aromatic rings. The zero-order valence-corrected chi connectivity index (χ0v) is 11.7. The predicted molar refractivity (Wildman–Crippen MR) is 73.1 cm³/mol. The minimum absolute atomic E-state index is 0.139. The maximum absolute atomic E-state index is 12.1. The number of nitrogens with zero attached hydrogens (tertiary/aromatic N) is 3. The summed E-state index contributed by atoms with van der Waals surface area (Å²) in [4.78, 5) is 27.0. The van der Waals surface area contributed by atoms with E-state index in [4.69, 9.17) is 11.6 Å². The Balaban J connectivity index is 2.24. The summed E-state index contributed by atoms with van der Waals surface area (Å²) < 4.78 is 0. The standard InChI is InChI=1S/C11H15ClN6O/c1-4-15-11(2,3)9(19)18-10-16-7(12)6-8(17-10)14-5-13-6/h5,15H,4H2,1-3H3,(H2,13,14,16,17,18,19). The van der Waals surface area contributed by atoms with Gasteiger partial charge < -0.3 is 10.3 Å². The Morgan fingerprint density at radius 2 is 2.21 bits per heavy atom. The van der Waals surface area contributed by atoms with Gasteiger partial charge in [0.2, 0.25) is 11.9 Å². The van der Waals surface area contributed by atoms with Crippen molar-refractivity contribution in [2.45, 2.75) is 26.3 Å². The second-order valence-electron chi connectivity index (χ2n) is 4.55. The van der Waals surface area contributed by atoms with Gasteiger partial charge in [-0.15, -0.1) is 0 Å². The first kappa shape index (κ1) is 13.7. The minimum atomic E-state index is -0.717. The molecule has 0 saturated heterocycles. The average molecular weight is 283 g/mol. The number of likely N-dealkylation sites (N-methyl/N-ethyl adjacent to an activating group) is 1. The highest BCUT2D eigenvalue weighted by molar-refractivity contribution is 6.33.